The zero-order valence-corrected chi connectivity index (χ0v) is 6.65. The Morgan fingerprint density at radius 2 is 1.69 bits per heavy atom. The molecule has 0 atom stereocenters. The quantitative estimate of drug-likeness (QED) is 0.710. The normalized spacial score (nSPS) is 10.2. The third-order valence-corrected chi connectivity index (χ3v) is 1.42. The van der Waals surface area contributed by atoms with Crippen LogP contribution >= 0.6 is 0 Å². The minimum Gasteiger partial charge on any atom is -0.395 e. The summed E-state index contributed by atoms with van der Waals surface area (Å²) < 4.78 is 37.5. The molecule has 0 bridgehead atoms. The summed E-state index contributed by atoms with van der Waals surface area (Å²) >= 11 is 0. The molecule has 0 fully saturated rings. The van der Waals surface area contributed by atoms with Gasteiger partial charge in [-0.05, 0) is 0 Å². The van der Waals surface area contributed by atoms with E-state index in [1.807, 2.05) is 0 Å². The smallest absolute Gasteiger partial charge is 0.194 e. The van der Waals surface area contributed by atoms with Gasteiger partial charge < -0.3 is 10.4 Å². The number of nitrogens with one attached hydrogen (secondary N) is 1. The van der Waals surface area contributed by atoms with Crippen molar-refractivity contribution in [1.29, 1.82) is 0 Å². The number of aliphatic hydroxyl groups excluding tert-OH is 1. The lowest BCUT2D eigenvalue weighted by Crippen LogP contribution is -2.06. The van der Waals surface area contributed by atoms with Crippen molar-refractivity contribution >= 4 is 5.69 Å². The summed E-state index contributed by atoms with van der Waals surface area (Å²) in [5.41, 5.74) is 0.102. The molecule has 1 rings (SSSR count). The highest BCUT2D eigenvalue weighted by molar-refractivity contribution is 5.43. The molecule has 0 radical (unpaired) electrons. The van der Waals surface area contributed by atoms with Crippen molar-refractivity contribution in [3.05, 3.63) is 29.6 Å². The monoisotopic (exact) mass is 191 g/mol. The Kier molecular flexibility index (Phi) is 3.13. The van der Waals surface area contributed by atoms with Gasteiger partial charge in [0.1, 0.15) is 0 Å². The summed E-state index contributed by atoms with van der Waals surface area (Å²) in [6.07, 6.45) is 0. The Bertz CT molecular complexity index is 280. The van der Waals surface area contributed by atoms with Gasteiger partial charge in [-0.3, -0.25) is 0 Å². The maximum atomic E-state index is 12.5. The van der Waals surface area contributed by atoms with E-state index < -0.39 is 17.5 Å². The number of hydrogen-bond acceptors (Lipinski definition) is 2. The fourth-order valence-electron chi connectivity index (χ4n) is 0.858. The predicted molar refractivity (Wildman–Crippen MR) is 41.9 cm³/mol. The van der Waals surface area contributed by atoms with Gasteiger partial charge in [0.2, 0.25) is 0 Å². The molecule has 0 saturated carbocycles. The number of halogens is 3. The fraction of sp³-hybridized carbons (Fsp3) is 0.250. The van der Waals surface area contributed by atoms with E-state index in [4.69, 9.17) is 5.11 Å². The van der Waals surface area contributed by atoms with E-state index in [1.54, 1.807) is 0 Å². The highest BCUT2D eigenvalue weighted by Gasteiger charge is 2.09. The Balaban J connectivity index is 2.86. The average Bonchev–Trinajstić information content (AvgIpc) is 2.10. The zero-order valence-electron chi connectivity index (χ0n) is 6.65. The summed E-state index contributed by atoms with van der Waals surface area (Å²) in [5.74, 6) is -3.99. The van der Waals surface area contributed by atoms with E-state index in [2.05, 4.69) is 5.32 Å². The first-order valence-corrected chi connectivity index (χ1v) is 3.64. The second-order valence-corrected chi connectivity index (χ2v) is 2.40. The molecule has 0 aliphatic rings. The van der Waals surface area contributed by atoms with E-state index in [-0.39, 0.29) is 18.8 Å². The van der Waals surface area contributed by atoms with Crippen LogP contribution in [0.3, 0.4) is 0 Å². The van der Waals surface area contributed by atoms with Crippen molar-refractivity contribution in [2.75, 3.05) is 18.5 Å². The van der Waals surface area contributed by atoms with E-state index in [0.29, 0.717) is 0 Å². The molecule has 0 unspecified atom stereocenters. The van der Waals surface area contributed by atoms with Crippen LogP contribution in [0, 0.1) is 17.5 Å². The van der Waals surface area contributed by atoms with Crippen molar-refractivity contribution in [1.82, 2.24) is 0 Å². The van der Waals surface area contributed by atoms with Crippen molar-refractivity contribution < 1.29 is 18.3 Å². The van der Waals surface area contributed by atoms with Crippen molar-refractivity contribution in [2.45, 2.75) is 0 Å². The molecular weight excluding hydrogens is 183 g/mol. The first kappa shape index (κ1) is 9.85. The molecule has 1 aromatic rings. The number of anilines is 1. The van der Waals surface area contributed by atoms with Crippen molar-refractivity contribution in [3.63, 3.8) is 0 Å². The Morgan fingerprint density at radius 1 is 1.15 bits per heavy atom. The second-order valence-electron chi connectivity index (χ2n) is 2.40. The third-order valence-electron chi connectivity index (χ3n) is 1.42. The molecule has 0 aliphatic carbocycles. The van der Waals surface area contributed by atoms with Crippen LogP contribution in [0.25, 0.3) is 0 Å². The van der Waals surface area contributed by atoms with Crippen LogP contribution in [0.2, 0.25) is 0 Å². The molecule has 72 valence electrons. The summed E-state index contributed by atoms with van der Waals surface area (Å²) in [6.45, 7) is -0.00880. The summed E-state index contributed by atoms with van der Waals surface area (Å²) in [4.78, 5) is 0. The molecule has 13 heavy (non-hydrogen) atoms. The van der Waals surface area contributed by atoms with Crippen molar-refractivity contribution in [2.24, 2.45) is 0 Å². The van der Waals surface area contributed by atoms with Gasteiger partial charge in [0.25, 0.3) is 0 Å². The summed E-state index contributed by atoms with van der Waals surface area (Å²) in [7, 11) is 0. The Labute approximate surface area is 73.0 Å². The molecular formula is C8H8F3NO. The summed E-state index contributed by atoms with van der Waals surface area (Å²) in [6, 6.07) is 1.65. The van der Waals surface area contributed by atoms with Crippen LogP contribution in [0.1, 0.15) is 0 Å². The highest BCUT2D eigenvalue weighted by atomic mass is 19.2. The van der Waals surface area contributed by atoms with Gasteiger partial charge in [0.15, 0.2) is 17.5 Å². The lowest BCUT2D eigenvalue weighted by molar-refractivity contribution is 0.311. The number of hydrogen-bond donors (Lipinski definition) is 2. The lowest BCUT2D eigenvalue weighted by atomic mass is 10.3. The molecule has 5 heteroatoms. The molecule has 0 amide bonds. The van der Waals surface area contributed by atoms with Gasteiger partial charge in [0.05, 0.1) is 6.61 Å². The van der Waals surface area contributed by atoms with E-state index in [0.717, 1.165) is 12.1 Å². The first-order chi connectivity index (χ1) is 6.15. The standard InChI is InChI=1S/C8H8F3NO/c9-6-3-5(12-1-2-13)4-7(10)8(6)11/h3-4,12-13H,1-2H2. The highest BCUT2D eigenvalue weighted by Crippen LogP contribution is 2.16. The van der Waals surface area contributed by atoms with E-state index in [1.165, 1.54) is 0 Å². The van der Waals surface area contributed by atoms with Crippen LogP contribution in [-0.2, 0) is 0 Å². The molecule has 0 aromatic heterocycles. The number of benzene rings is 1. The minimum absolute atomic E-state index is 0.102. The second kappa shape index (κ2) is 4.13. The molecule has 0 aliphatic heterocycles. The van der Waals surface area contributed by atoms with Gasteiger partial charge in [-0.15, -0.1) is 0 Å². The number of rotatable bonds is 3. The average molecular weight is 191 g/mol. The van der Waals surface area contributed by atoms with Crippen LogP contribution in [0.4, 0.5) is 18.9 Å². The zero-order chi connectivity index (χ0) is 9.84. The van der Waals surface area contributed by atoms with Gasteiger partial charge in [-0.2, -0.15) is 0 Å². The Hall–Kier alpha value is -1.23. The van der Waals surface area contributed by atoms with Crippen LogP contribution in [0.5, 0.6) is 0 Å². The van der Waals surface area contributed by atoms with Crippen LogP contribution < -0.4 is 5.32 Å². The predicted octanol–water partition coefficient (Wildman–Crippen LogP) is 1.51. The van der Waals surface area contributed by atoms with E-state index in [9.17, 15) is 13.2 Å². The van der Waals surface area contributed by atoms with Gasteiger partial charge in [0, 0.05) is 24.4 Å². The first-order valence-electron chi connectivity index (χ1n) is 3.64. The van der Waals surface area contributed by atoms with Gasteiger partial charge in [-0.1, -0.05) is 0 Å². The molecule has 0 saturated heterocycles. The minimum atomic E-state index is -1.49. The Morgan fingerprint density at radius 3 is 2.15 bits per heavy atom. The number of aliphatic hydroxyl groups is 1. The molecule has 2 N–H and O–H groups in total. The maximum Gasteiger partial charge on any atom is 0.194 e. The largest absolute Gasteiger partial charge is 0.395 e. The topological polar surface area (TPSA) is 32.3 Å². The van der Waals surface area contributed by atoms with Crippen molar-refractivity contribution in [3.8, 4) is 0 Å². The molecule has 0 heterocycles. The van der Waals surface area contributed by atoms with Gasteiger partial charge in [-0.25, -0.2) is 13.2 Å². The maximum absolute atomic E-state index is 12.5. The molecule has 0 spiro atoms. The lowest BCUT2D eigenvalue weighted by Gasteiger charge is -2.04. The summed E-state index contributed by atoms with van der Waals surface area (Å²) in [5, 5.41) is 10.9. The van der Waals surface area contributed by atoms with E-state index >= 15 is 0 Å². The molecule has 1 aromatic carbocycles. The van der Waals surface area contributed by atoms with Crippen LogP contribution in [-0.4, -0.2) is 18.3 Å². The van der Waals surface area contributed by atoms with Crippen LogP contribution in [0.15, 0.2) is 12.1 Å². The SMILES string of the molecule is OCCNc1cc(F)c(F)c(F)c1. The third kappa shape index (κ3) is 2.35. The fourth-order valence-corrected chi connectivity index (χ4v) is 0.858. The molecule has 2 nitrogen and oxygen atoms in total. The van der Waals surface area contributed by atoms with Gasteiger partial charge >= 0.3 is 0 Å².